The molecule has 0 bridgehead atoms. The zero-order valence-corrected chi connectivity index (χ0v) is 19.8. The minimum atomic E-state index is 0.115. The van der Waals surface area contributed by atoms with Gasteiger partial charge in [-0.25, -0.2) is 4.98 Å². The van der Waals surface area contributed by atoms with E-state index in [-0.39, 0.29) is 11.0 Å². The molecular weight excluding hydrogens is 418 g/mol. The lowest BCUT2D eigenvalue weighted by Gasteiger charge is -2.33. The fourth-order valence-electron chi connectivity index (χ4n) is 5.66. The summed E-state index contributed by atoms with van der Waals surface area (Å²) in [6, 6.07) is 11.6. The van der Waals surface area contributed by atoms with Crippen molar-refractivity contribution in [2.75, 3.05) is 20.3 Å². The molecule has 0 spiro atoms. The quantitative estimate of drug-likeness (QED) is 0.514. The molecular formula is C26H33N3O2S. The second-order valence-corrected chi connectivity index (χ2v) is 10.5. The predicted octanol–water partition coefficient (Wildman–Crippen LogP) is 4.45. The Morgan fingerprint density at radius 1 is 1.25 bits per heavy atom. The third-order valence-electron chi connectivity index (χ3n) is 7.46. The number of thiophene rings is 1. The highest BCUT2D eigenvalue weighted by Gasteiger charge is 2.36. The van der Waals surface area contributed by atoms with Gasteiger partial charge in [0.05, 0.1) is 11.7 Å². The maximum atomic E-state index is 13.1. The molecule has 0 saturated heterocycles. The van der Waals surface area contributed by atoms with Gasteiger partial charge < -0.3 is 10.1 Å². The van der Waals surface area contributed by atoms with Crippen LogP contribution < -0.4 is 10.9 Å². The maximum Gasteiger partial charge on any atom is 0.262 e. The predicted molar refractivity (Wildman–Crippen MR) is 131 cm³/mol. The van der Waals surface area contributed by atoms with Crippen LogP contribution in [0, 0.1) is 0 Å². The molecule has 0 radical (unpaired) electrons. The molecule has 1 saturated carbocycles. The topological polar surface area (TPSA) is 56.2 Å². The molecule has 1 fully saturated rings. The van der Waals surface area contributed by atoms with E-state index in [1.165, 1.54) is 41.7 Å². The van der Waals surface area contributed by atoms with Crippen LogP contribution in [-0.2, 0) is 29.5 Å². The van der Waals surface area contributed by atoms with Gasteiger partial charge in [0.15, 0.2) is 0 Å². The van der Waals surface area contributed by atoms with E-state index >= 15 is 0 Å². The van der Waals surface area contributed by atoms with Crippen LogP contribution in [0.3, 0.4) is 0 Å². The summed E-state index contributed by atoms with van der Waals surface area (Å²) < 4.78 is 6.89. The molecule has 0 amide bonds. The highest BCUT2D eigenvalue weighted by molar-refractivity contribution is 7.18. The average Bonchev–Trinajstić information content (AvgIpc) is 3.45. The summed E-state index contributed by atoms with van der Waals surface area (Å²) >= 11 is 1.72. The molecule has 1 N–H and O–H groups in total. The van der Waals surface area contributed by atoms with Crippen LogP contribution in [-0.4, -0.2) is 35.9 Å². The summed E-state index contributed by atoms with van der Waals surface area (Å²) in [6.45, 7) is 2.36. The summed E-state index contributed by atoms with van der Waals surface area (Å²) in [5.41, 5.74) is 3.13. The Morgan fingerprint density at radius 2 is 2.06 bits per heavy atom. The first kappa shape index (κ1) is 21.8. The Labute approximate surface area is 193 Å². The molecule has 2 aromatic heterocycles. The minimum Gasteiger partial charge on any atom is -0.385 e. The molecule has 32 heavy (non-hydrogen) atoms. The number of nitrogens with zero attached hydrogens (tertiary/aromatic N) is 2. The molecule has 170 valence electrons. The summed E-state index contributed by atoms with van der Waals surface area (Å²) in [4.78, 5) is 20.0. The first-order valence-corrected chi connectivity index (χ1v) is 12.8. The monoisotopic (exact) mass is 451 g/mol. The van der Waals surface area contributed by atoms with Crippen molar-refractivity contribution in [3.05, 3.63) is 63.0 Å². The van der Waals surface area contributed by atoms with Crippen molar-refractivity contribution in [2.45, 2.75) is 69.4 Å². The fourth-order valence-corrected chi connectivity index (χ4v) is 6.92. The molecule has 2 aliphatic rings. The van der Waals surface area contributed by atoms with E-state index in [2.05, 4.69) is 40.6 Å². The number of hydrogen-bond donors (Lipinski definition) is 1. The van der Waals surface area contributed by atoms with E-state index in [4.69, 9.17) is 4.74 Å². The molecule has 5 rings (SSSR count). The van der Waals surface area contributed by atoms with Crippen LogP contribution in [0.2, 0.25) is 0 Å². The highest BCUT2D eigenvalue weighted by atomic mass is 32.1. The largest absolute Gasteiger partial charge is 0.385 e. The maximum absolute atomic E-state index is 13.1. The van der Waals surface area contributed by atoms with Crippen molar-refractivity contribution in [2.24, 2.45) is 0 Å². The number of ether oxygens (including phenoxy) is 1. The zero-order valence-electron chi connectivity index (χ0n) is 18.9. The number of methoxy groups -OCH3 is 1. The molecule has 2 aliphatic carbocycles. The van der Waals surface area contributed by atoms with Crippen molar-refractivity contribution in [1.29, 1.82) is 0 Å². The SMILES string of the molecule is COCCCn1cnc2sc3c(c2c1=O)CCC(NCC1(c2ccccc2)CCCC1)C3. The smallest absolute Gasteiger partial charge is 0.262 e. The summed E-state index contributed by atoms with van der Waals surface area (Å²) in [5, 5.41) is 4.80. The highest BCUT2D eigenvalue weighted by Crippen LogP contribution is 2.41. The van der Waals surface area contributed by atoms with Crippen LogP contribution in [0.25, 0.3) is 10.2 Å². The summed E-state index contributed by atoms with van der Waals surface area (Å²) in [5.74, 6) is 0. The lowest BCUT2D eigenvalue weighted by molar-refractivity contribution is 0.190. The van der Waals surface area contributed by atoms with Gasteiger partial charge in [0.25, 0.3) is 5.56 Å². The van der Waals surface area contributed by atoms with Gasteiger partial charge in [-0.3, -0.25) is 9.36 Å². The van der Waals surface area contributed by atoms with Crippen molar-refractivity contribution < 1.29 is 4.74 Å². The normalized spacial score (nSPS) is 20.0. The van der Waals surface area contributed by atoms with Gasteiger partial charge in [-0.15, -0.1) is 11.3 Å². The van der Waals surface area contributed by atoms with Crippen LogP contribution in [0.4, 0.5) is 0 Å². The van der Waals surface area contributed by atoms with Gasteiger partial charge in [0, 0.05) is 43.1 Å². The number of aromatic nitrogens is 2. The third kappa shape index (κ3) is 4.16. The van der Waals surface area contributed by atoms with Gasteiger partial charge in [-0.2, -0.15) is 0 Å². The van der Waals surface area contributed by atoms with Crippen molar-refractivity contribution in [3.63, 3.8) is 0 Å². The average molecular weight is 452 g/mol. The summed E-state index contributed by atoms with van der Waals surface area (Å²) in [6.07, 6.45) is 10.8. The number of benzene rings is 1. The lowest BCUT2D eigenvalue weighted by Crippen LogP contribution is -2.43. The Balaban J connectivity index is 1.31. The molecule has 0 aliphatic heterocycles. The Kier molecular flexibility index (Phi) is 6.44. The first-order chi connectivity index (χ1) is 15.7. The van der Waals surface area contributed by atoms with Crippen LogP contribution in [0.1, 0.15) is 54.5 Å². The molecule has 1 atom stereocenters. The van der Waals surface area contributed by atoms with Gasteiger partial charge in [0.2, 0.25) is 0 Å². The Morgan fingerprint density at radius 3 is 2.84 bits per heavy atom. The van der Waals surface area contributed by atoms with E-state index in [0.29, 0.717) is 19.2 Å². The number of fused-ring (bicyclic) bond motifs is 3. The number of hydrogen-bond acceptors (Lipinski definition) is 5. The fraction of sp³-hybridized carbons (Fsp3) is 0.538. The van der Waals surface area contributed by atoms with Gasteiger partial charge in [0.1, 0.15) is 4.83 Å². The van der Waals surface area contributed by atoms with Gasteiger partial charge >= 0.3 is 0 Å². The van der Waals surface area contributed by atoms with E-state index in [0.717, 1.165) is 42.4 Å². The lowest BCUT2D eigenvalue weighted by atomic mass is 9.78. The standard InChI is InChI=1S/C26H33N3O2S/c1-31-15-7-14-29-18-28-24-23(25(29)30)21-11-10-20(16-22(21)32-24)27-17-26(12-5-6-13-26)19-8-3-2-4-9-19/h2-4,8-9,18,20,27H,5-7,10-17H2,1H3. The van der Waals surface area contributed by atoms with E-state index < -0.39 is 0 Å². The minimum absolute atomic E-state index is 0.115. The second-order valence-electron chi connectivity index (χ2n) is 9.45. The van der Waals surface area contributed by atoms with E-state index in [1.54, 1.807) is 29.3 Å². The molecule has 6 heteroatoms. The van der Waals surface area contributed by atoms with Crippen molar-refractivity contribution in [1.82, 2.24) is 14.9 Å². The third-order valence-corrected chi connectivity index (χ3v) is 8.62. The van der Waals surface area contributed by atoms with Gasteiger partial charge in [-0.1, -0.05) is 43.2 Å². The second kappa shape index (κ2) is 9.46. The Hall–Kier alpha value is -2.02. The molecule has 1 aromatic carbocycles. The molecule has 2 heterocycles. The van der Waals surface area contributed by atoms with Crippen molar-refractivity contribution >= 4 is 21.6 Å². The van der Waals surface area contributed by atoms with Crippen LogP contribution >= 0.6 is 11.3 Å². The molecule has 5 nitrogen and oxygen atoms in total. The Bertz CT molecular complexity index is 1120. The van der Waals surface area contributed by atoms with Crippen molar-refractivity contribution in [3.8, 4) is 0 Å². The van der Waals surface area contributed by atoms with Gasteiger partial charge in [-0.05, 0) is 49.7 Å². The first-order valence-electron chi connectivity index (χ1n) is 12.0. The summed E-state index contributed by atoms with van der Waals surface area (Å²) in [7, 11) is 1.69. The number of aryl methyl sites for hydroxylation is 2. The van der Waals surface area contributed by atoms with Crippen LogP contribution in [0.5, 0.6) is 0 Å². The van der Waals surface area contributed by atoms with Crippen LogP contribution in [0.15, 0.2) is 41.5 Å². The molecule has 1 unspecified atom stereocenters. The number of nitrogens with one attached hydrogen (secondary N) is 1. The van der Waals surface area contributed by atoms with E-state index in [9.17, 15) is 4.79 Å². The zero-order chi connectivity index (χ0) is 22.0. The molecule has 3 aromatic rings. The number of rotatable bonds is 8. The van der Waals surface area contributed by atoms with E-state index in [1.807, 2.05) is 0 Å².